The number of ether oxygens (including phenoxy) is 1. The van der Waals surface area contributed by atoms with Crippen LogP contribution >= 0.6 is 0 Å². The van der Waals surface area contributed by atoms with Crippen LogP contribution in [0.15, 0.2) is 0 Å². The first-order chi connectivity index (χ1) is 5.74. The van der Waals surface area contributed by atoms with E-state index in [4.69, 9.17) is 14.3 Å². The maximum absolute atomic E-state index is 8.12. The van der Waals surface area contributed by atoms with Gasteiger partial charge in [0.15, 0.2) is 0 Å². The van der Waals surface area contributed by atoms with Crippen molar-refractivity contribution >= 4 is 6.15 Å². The first-order valence-electron chi connectivity index (χ1n) is 3.95. The van der Waals surface area contributed by atoms with Crippen LogP contribution in [0, 0.1) is 0 Å². The number of carbonyl (C=O) groups excluding carboxylic acids is 2. The maximum Gasteiger partial charge on any atom is 0.373 e. The largest absolute Gasteiger partial charge is 0.380 e. The molecule has 1 saturated heterocycles. The number of piperidine rings is 1. The number of nitrogens with zero attached hydrogens (tertiary/aromatic N) is 1. The molecule has 0 spiro atoms. The van der Waals surface area contributed by atoms with Gasteiger partial charge in [0.2, 0.25) is 0 Å². The van der Waals surface area contributed by atoms with E-state index in [9.17, 15) is 0 Å². The fraction of sp³-hybridized carbons (Fsp3) is 0.875. The van der Waals surface area contributed by atoms with Crippen LogP contribution in [0.5, 0.6) is 0 Å². The summed E-state index contributed by atoms with van der Waals surface area (Å²) in [5, 5.41) is 0. The van der Waals surface area contributed by atoms with Crippen molar-refractivity contribution < 1.29 is 14.3 Å². The molecule has 0 N–H and O–H groups in total. The van der Waals surface area contributed by atoms with Gasteiger partial charge in [-0.15, -0.1) is 0 Å². The molecular formula is C8H15NO3. The molecule has 1 aliphatic heterocycles. The Morgan fingerprint density at radius 1 is 1.50 bits per heavy atom. The second-order valence-electron chi connectivity index (χ2n) is 2.85. The molecule has 70 valence electrons. The first kappa shape index (κ1) is 11.3. The van der Waals surface area contributed by atoms with Gasteiger partial charge >= 0.3 is 6.15 Å². The Morgan fingerprint density at radius 3 is 2.42 bits per heavy atom. The average Bonchev–Trinajstić information content (AvgIpc) is 2.06. The highest BCUT2D eigenvalue weighted by molar-refractivity contribution is 5.20. The molecule has 1 aliphatic rings. The van der Waals surface area contributed by atoms with Crippen molar-refractivity contribution in [1.82, 2.24) is 4.90 Å². The van der Waals surface area contributed by atoms with Gasteiger partial charge in [-0.3, -0.25) is 0 Å². The second-order valence-corrected chi connectivity index (χ2v) is 2.85. The molecule has 0 amide bonds. The van der Waals surface area contributed by atoms with E-state index in [1.165, 1.54) is 19.4 Å². The molecule has 0 aliphatic carbocycles. The van der Waals surface area contributed by atoms with Crippen LogP contribution in [0.2, 0.25) is 0 Å². The van der Waals surface area contributed by atoms with Gasteiger partial charge in [0.1, 0.15) is 0 Å². The standard InChI is InChI=1S/C7H15NO.CO2/c1-8-5-3-4-7(6-8)9-2;2-1-3/h7H,3-6H2,1-2H3;. The average molecular weight is 173 g/mol. The van der Waals surface area contributed by atoms with Crippen LogP contribution in [0.4, 0.5) is 0 Å². The van der Waals surface area contributed by atoms with E-state index >= 15 is 0 Å². The third-order valence-electron chi connectivity index (χ3n) is 1.91. The topological polar surface area (TPSA) is 46.6 Å². The van der Waals surface area contributed by atoms with Crippen LogP contribution in [0.1, 0.15) is 12.8 Å². The molecule has 4 nitrogen and oxygen atoms in total. The van der Waals surface area contributed by atoms with Gasteiger partial charge in [-0.1, -0.05) is 0 Å². The van der Waals surface area contributed by atoms with Gasteiger partial charge in [-0.05, 0) is 26.4 Å². The van der Waals surface area contributed by atoms with Crippen molar-refractivity contribution in [1.29, 1.82) is 0 Å². The van der Waals surface area contributed by atoms with E-state index in [1.807, 2.05) is 0 Å². The van der Waals surface area contributed by atoms with Crippen LogP contribution in [-0.4, -0.2) is 44.4 Å². The summed E-state index contributed by atoms with van der Waals surface area (Å²) in [6.45, 7) is 2.34. The zero-order valence-electron chi connectivity index (χ0n) is 7.58. The Morgan fingerprint density at radius 2 is 2.08 bits per heavy atom. The van der Waals surface area contributed by atoms with Crippen LogP contribution in [0.25, 0.3) is 0 Å². The van der Waals surface area contributed by atoms with Gasteiger partial charge in [0, 0.05) is 13.7 Å². The highest BCUT2D eigenvalue weighted by Crippen LogP contribution is 2.09. The number of hydrogen-bond donors (Lipinski definition) is 0. The zero-order valence-corrected chi connectivity index (χ0v) is 7.58. The molecule has 12 heavy (non-hydrogen) atoms. The van der Waals surface area contributed by atoms with Gasteiger partial charge in [-0.25, -0.2) is 0 Å². The van der Waals surface area contributed by atoms with E-state index in [1.54, 1.807) is 7.11 Å². The predicted octanol–water partition coefficient (Wildman–Crippen LogP) is 0.143. The molecule has 1 unspecified atom stereocenters. The third kappa shape index (κ3) is 5.02. The Labute approximate surface area is 72.5 Å². The molecule has 1 rings (SSSR count). The summed E-state index contributed by atoms with van der Waals surface area (Å²) in [7, 11) is 3.94. The fourth-order valence-corrected chi connectivity index (χ4v) is 1.31. The maximum atomic E-state index is 8.12. The molecular weight excluding hydrogens is 158 g/mol. The minimum Gasteiger partial charge on any atom is -0.380 e. The van der Waals surface area contributed by atoms with E-state index in [0.29, 0.717) is 6.10 Å². The lowest BCUT2D eigenvalue weighted by molar-refractivity contribution is -0.191. The summed E-state index contributed by atoms with van der Waals surface area (Å²) in [6, 6.07) is 0. The monoisotopic (exact) mass is 173 g/mol. The van der Waals surface area contributed by atoms with Gasteiger partial charge in [0.25, 0.3) is 0 Å². The Bertz CT molecular complexity index is 143. The minimum atomic E-state index is 0.250. The molecule has 0 aromatic heterocycles. The highest BCUT2D eigenvalue weighted by atomic mass is 16.5. The predicted molar refractivity (Wildman–Crippen MR) is 42.5 cm³/mol. The molecule has 1 heterocycles. The number of hydrogen-bond acceptors (Lipinski definition) is 4. The highest BCUT2D eigenvalue weighted by Gasteiger charge is 2.15. The summed E-state index contributed by atoms with van der Waals surface area (Å²) >= 11 is 0. The van der Waals surface area contributed by atoms with Crippen molar-refractivity contribution in [3.63, 3.8) is 0 Å². The van der Waals surface area contributed by atoms with Crippen molar-refractivity contribution in [2.75, 3.05) is 27.2 Å². The van der Waals surface area contributed by atoms with Gasteiger partial charge in [-0.2, -0.15) is 9.59 Å². The molecule has 0 saturated carbocycles. The lowest BCUT2D eigenvalue weighted by atomic mass is 10.1. The van der Waals surface area contributed by atoms with Crippen molar-refractivity contribution in [3.8, 4) is 0 Å². The number of likely N-dealkylation sites (N-methyl/N-ethyl adjacent to an activating group) is 1. The van der Waals surface area contributed by atoms with Crippen molar-refractivity contribution in [3.05, 3.63) is 0 Å². The van der Waals surface area contributed by atoms with E-state index in [2.05, 4.69) is 11.9 Å². The fourth-order valence-electron chi connectivity index (χ4n) is 1.31. The van der Waals surface area contributed by atoms with Crippen molar-refractivity contribution in [2.24, 2.45) is 0 Å². The summed E-state index contributed by atoms with van der Waals surface area (Å²) in [6.07, 6.45) is 3.26. The Balaban J connectivity index is 0.000000354. The minimum absolute atomic E-state index is 0.250. The summed E-state index contributed by atoms with van der Waals surface area (Å²) < 4.78 is 5.22. The molecule has 0 aromatic rings. The lowest BCUT2D eigenvalue weighted by Crippen LogP contribution is -2.36. The number of rotatable bonds is 1. The summed E-state index contributed by atoms with van der Waals surface area (Å²) in [5.41, 5.74) is 0. The quantitative estimate of drug-likeness (QED) is 0.566. The molecule has 0 aromatic carbocycles. The Kier molecular flexibility index (Phi) is 6.57. The van der Waals surface area contributed by atoms with E-state index < -0.39 is 0 Å². The van der Waals surface area contributed by atoms with Crippen LogP contribution in [-0.2, 0) is 14.3 Å². The Hall–Kier alpha value is -0.700. The third-order valence-corrected chi connectivity index (χ3v) is 1.91. The van der Waals surface area contributed by atoms with Gasteiger partial charge in [0.05, 0.1) is 6.10 Å². The first-order valence-corrected chi connectivity index (χ1v) is 3.95. The molecule has 0 bridgehead atoms. The second kappa shape index (κ2) is 6.98. The van der Waals surface area contributed by atoms with Crippen LogP contribution in [0.3, 0.4) is 0 Å². The van der Waals surface area contributed by atoms with Crippen LogP contribution < -0.4 is 0 Å². The molecule has 1 atom stereocenters. The van der Waals surface area contributed by atoms with Crippen molar-refractivity contribution in [2.45, 2.75) is 18.9 Å². The SMILES string of the molecule is COC1CCCN(C)C1.O=C=O. The summed E-state index contributed by atoms with van der Waals surface area (Å²) in [5.74, 6) is 0. The van der Waals surface area contributed by atoms with Gasteiger partial charge < -0.3 is 9.64 Å². The molecule has 4 heteroatoms. The number of likely N-dealkylation sites (tertiary alicyclic amines) is 1. The van der Waals surface area contributed by atoms with E-state index in [-0.39, 0.29) is 6.15 Å². The lowest BCUT2D eigenvalue weighted by Gasteiger charge is -2.28. The normalized spacial score (nSPS) is 23.7. The smallest absolute Gasteiger partial charge is 0.373 e. The summed E-state index contributed by atoms with van der Waals surface area (Å²) in [4.78, 5) is 18.6. The molecule has 1 fully saturated rings. The zero-order chi connectivity index (χ0) is 9.40. The number of methoxy groups -OCH3 is 1. The van der Waals surface area contributed by atoms with E-state index in [0.717, 1.165) is 6.54 Å². The molecule has 0 radical (unpaired) electrons.